The number of halogens is 2. The summed E-state index contributed by atoms with van der Waals surface area (Å²) in [6, 6.07) is 16.0. The lowest BCUT2D eigenvalue weighted by atomic mass is 10.0. The summed E-state index contributed by atoms with van der Waals surface area (Å²) >= 11 is 0. The second kappa shape index (κ2) is 8.78. The summed E-state index contributed by atoms with van der Waals surface area (Å²) < 4.78 is 32.6. The number of amides is 1. The number of hydrogen-bond donors (Lipinski definition) is 1. The van der Waals surface area contributed by atoms with Gasteiger partial charge < -0.3 is 14.7 Å². The Balaban J connectivity index is 1.67. The van der Waals surface area contributed by atoms with E-state index in [1.807, 2.05) is 24.3 Å². The van der Waals surface area contributed by atoms with E-state index in [9.17, 15) is 23.5 Å². The molecule has 0 aromatic heterocycles. The average molecular weight is 437 g/mol. The van der Waals surface area contributed by atoms with Crippen LogP contribution in [0.15, 0.2) is 66.7 Å². The van der Waals surface area contributed by atoms with Crippen LogP contribution in [0.25, 0.3) is 11.1 Å². The summed E-state index contributed by atoms with van der Waals surface area (Å²) in [5.41, 5.74) is 2.38. The number of nitrogens with zero attached hydrogens (tertiary/aromatic N) is 1. The highest BCUT2D eigenvalue weighted by molar-refractivity contribution is 5.97. The number of carboxylic acids is 1. The van der Waals surface area contributed by atoms with Gasteiger partial charge in [0, 0.05) is 11.1 Å². The molecule has 0 radical (unpaired) electrons. The first-order valence-corrected chi connectivity index (χ1v) is 10.1. The summed E-state index contributed by atoms with van der Waals surface area (Å²) in [7, 11) is 1.58. The van der Waals surface area contributed by atoms with E-state index < -0.39 is 35.6 Å². The zero-order valence-electron chi connectivity index (χ0n) is 17.3. The molecule has 1 saturated heterocycles. The third-order valence-electron chi connectivity index (χ3n) is 5.78. The highest BCUT2D eigenvalue weighted by Crippen LogP contribution is 2.38. The third kappa shape index (κ3) is 3.93. The molecule has 4 rings (SSSR count). The molecule has 0 bridgehead atoms. The molecule has 7 heteroatoms. The smallest absolute Gasteiger partial charge is 0.326 e. The number of carbonyl (C=O) groups is 2. The molecule has 1 heterocycles. The minimum atomic E-state index is -1.13. The van der Waals surface area contributed by atoms with Crippen LogP contribution in [0.2, 0.25) is 0 Å². The first kappa shape index (κ1) is 21.5. The summed E-state index contributed by atoms with van der Waals surface area (Å²) in [4.78, 5) is 26.4. The topological polar surface area (TPSA) is 66.8 Å². The van der Waals surface area contributed by atoms with Crippen LogP contribution in [0, 0.1) is 11.6 Å². The SMILES string of the molecule is COc1ccccc1-c1ccc(C(=O)N2[C@@H](c3ccc(F)c(F)c3)CC[C@H]2C(=O)O)cc1. The summed E-state index contributed by atoms with van der Waals surface area (Å²) in [5.74, 6) is -2.94. The predicted octanol–water partition coefficient (Wildman–Crippen LogP) is 5.07. The number of benzene rings is 3. The van der Waals surface area contributed by atoms with Crippen molar-refractivity contribution in [1.29, 1.82) is 0 Å². The van der Waals surface area contributed by atoms with Crippen molar-refractivity contribution in [2.24, 2.45) is 0 Å². The van der Waals surface area contributed by atoms with Gasteiger partial charge in [-0.25, -0.2) is 13.6 Å². The Labute approximate surface area is 183 Å². The van der Waals surface area contributed by atoms with Crippen molar-refractivity contribution in [3.63, 3.8) is 0 Å². The van der Waals surface area contributed by atoms with Gasteiger partial charge in [0.15, 0.2) is 11.6 Å². The molecule has 1 amide bonds. The number of carboxylic acid groups (broad SMARTS) is 1. The number of carbonyl (C=O) groups excluding carboxylic acids is 1. The van der Waals surface area contributed by atoms with Crippen LogP contribution < -0.4 is 4.74 Å². The maximum absolute atomic E-state index is 13.8. The minimum Gasteiger partial charge on any atom is -0.496 e. The Bertz CT molecular complexity index is 1160. The molecule has 1 fully saturated rings. The maximum atomic E-state index is 13.8. The number of likely N-dealkylation sites (tertiary alicyclic amines) is 1. The van der Waals surface area contributed by atoms with E-state index in [2.05, 4.69) is 0 Å². The van der Waals surface area contributed by atoms with E-state index in [4.69, 9.17) is 4.74 Å². The van der Waals surface area contributed by atoms with Crippen LogP contribution >= 0.6 is 0 Å². The summed E-state index contributed by atoms with van der Waals surface area (Å²) in [6.45, 7) is 0. The zero-order valence-corrected chi connectivity index (χ0v) is 17.3. The van der Waals surface area contributed by atoms with Crippen molar-refractivity contribution in [2.45, 2.75) is 24.9 Å². The first-order valence-electron chi connectivity index (χ1n) is 10.1. The van der Waals surface area contributed by atoms with Gasteiger partial charge in [-0.1, -0.05) is 36.4 Å². The highest BCUT2D eigenvalue weighted by Gasteiger charge is 2.42. The van der Waals surface area contributed by atoms with Crippen LogP contribution in [0.3, 0.4) is 0 Å². The Morgan fingerprint density at radius 1 is 0.969 bits per heavy atom. The summed E-state index contributed by atoms with van der Waals surface area (Å²) in [5, 5.41) is 9.65. The highest BCUT2D eigenvalue weighted by atomic mass is 19.2. The monoisotopic (exact) mass is 437 g/mol. The van der Waals surface area contributed by atoms with Gasteiger partial charge in [-0.15, -0.1) is 0 Å². The number of rotatable bonds is 5. The standard InChI is InChI=1S/C25H21F2NO4/c1-32-23-5-3-2-4-18(23)15-6-8-16(9-7-15)24(29)28-21(12-13-22(28)25(30)31)17-10-11-19(26)20(27)14-17/h2-11,14,21-22H,12-13H2,1H3,(H,30,31)/t21-,22+/m1/s1. The van der Waals surface area contributed by atoms with Gasteiger partial charge in [0.25, 0.3) is 5.91 Å². The molecule has 1 aliphatic rings. The number of aliphatic carboxylic acids is 1. The molecule has 3 aromatic carbocycles. The Kier molecular flexibility index (Phi) is 5.90. The second-order valence-electron chi connectivity index (χ2n) is 7.61. The van der Waals surface area contributed by atoms with Crippen molar-refractivity contribution in [2.75, 3.05) is 7.11 Å². The molecular weight excluding hydrogens is 416 g/mol. The zero-order chi connectivity index (χ0) is 22.8. The largest absolute Gasteiger partial charge is 0.496 e. The Hall–Kier alpha value is -3.74. The molecule has 5 nitrogen and oxygen atoms in total. The van der Waals surface area contributed by atoms with Gasteiger partial charge in [0.2, 0.25) is 0 Å². The lowest BCUT2D eigenvalue weighted by Crippen LogP contribution is -2.41. The van der Waals surface area contributed by atoms with E-state index >= 15 is 0 Å². The minimum absolute atomic E-state index is 0.226. The van der Waals surface area contributed by atoms with E-state index in [0.717, 1.165) is 23.3 Å². The molecule has 0 spiro atoms. The van der Waals surface area contributed by atoms with Crippen molar-refractivity contribution < 1.29 is 28.2 Å². The molecule has 3 aromatic rings. The normalized spacial score (nSPS) is 17.9. The maximum Gasteiger partial charge on any atom is 0.326 e. The summed E-state index contributed by atoms with van der Waals surface area (Å²) in [6.07, 6.45) is 0.567. The number of hydrogen-bond acceptors (Lipinski definition) is 3. The first-order chi connectivity index (χ1) is 15.4. The van der Waals surface area contributed by atoms with Crippen molar-refractivity contribution >= 4 is 11.9 Å². The number of methoxy groups -OCH3 is 1. The second-order valence-corrected chi connectivity index (χ2v) is 7.61. The number of ether oxygens (including phenoxy) is 1. The van der Waals surface area contributed by atoms with Gasteiger partial charge in [0.05, 0.1) is 13.2 Å². The third-order valence-corrected chi connectivity index (χ3v) is 5.78. The van der Waals surface area contributed by atoms with Crippen molar-refractivity contribution in [1.82, 2.24) is 4.90 Å². The van der Waals surface area contributed by atoms with Crippen LogP contribution in [0.4, 0.5) is 8.78 Å². The van der Waals surface area contributed by atoms with E-state index in [1.165, 1.54) is 11.0 Å². The lowest BCUT2D eigenvalue weighted by molar-refractivity contribution is -0.141. The van der Waals surface area contributed by atoms with Crippen LogP contribution in [0.1, 0.15) is 34.8 Å². The fraction of sp³-hybridized carbons (Fsp3) is 0.200. The quantitative estimate of drug-likeness (QED) is 0.605. The lowest BCUT2D eigenvalue weighted by Gasteiger charge is -2.29. The van der Waals surface area contributed by atoms with Crippen molar-refractivity contribution in [3.05, 3.63) is 89.5 Å². The van der Waals surface area contributed by atoms with Gasteiger partial charge in [-0.2, -0.15) is 0 Å². The van der Waals surface area contributed by atoms with Gasteiger partial charge in [-0.05, 0) is 54.3 Å². The Morgan fingerprint density at radius 3 is 2.34 bits per heavy atom. The molecule has 2 atom stereocenters. The fourth-order valence-corrected chi connectivity index (χ4v) is 4.21. The van der Waals surface area contributed by atoms with Crippen LogP contribution in [-0.4, -0.2) is 35.0 Å². The molecular formula is C25H21F2NO4. The van der Waals surface area contributed by atoms with E-state index in [-0.39, 0.29) is 6.42 Å². The number of para-hydroxylation sites is 1. The molecule has 1 aliphatic heterocycles. The van der Waals surface area contributed by atoms with Crippen LogP contribution in [-0.2, 0) is 4.79 Å². The van der Waals surface area contributed by atoms with Gasteiger partial charge in [-0.3, -0.25) is 4.79 Å². The molecule has 164 valence electrons. The molecule has 32 heavy (non-hydrogen) atoms. The van der Waals surface area contributed by atoms with E-state index in [0.29, 0.717) is 23.3 Å². The molecule has 1 N–H and O–H groups in total. The molecule has 0 unspecified atom stereocenters. The molecule has 0 saturated carbocycles. The molecule has 0 aliphatic carbocycles. The van der Waals surface area contributed by atoms with E-state index in [1.54, 1.807) is 31.4 Å². The Morgan fingerprint density at radius 2 is 1.69 bits per heavy atom. The van der Waals surface area contributed by atoms with Gasteiger partial charge in [0.1, 0.15) is 11.8 Å². The van der Waals surface area contributed by atoms with Crippen LogP contribution in [0.5, 0.6) is 5.75 Å². The van der Waals surface area contributed by atoms with Crippen molar-refractivity contribution in [3.8, 4) is 16.9 Å². The van der Waals surface area contributed by atoms with Gasteiger partial charge >= 0.3 is 5.97 Å². The average Bonchev–Trinajstić information content (AvgIpc) is 3.26. The fourth-order valence-electron chi connectivity index (χ4n) is 4.21. The predicted molar refractivity (Wildman–Crippen MR) is 114 cm³/mol.